The predicted molar refractivity (Wildman–Crippen MR) is 80.4 cm³/mol. The number of hydrogen-bond donors (Lipinski definition) is 1. The van der Waals surface area contributed by atoms with Gasteiger partial charge in [-0.3, -0.25) is 0 Å². The predicted octanol–water partition coefficient (Wildman–Crippen LogP) is 4.62. The van der Waals surface area contributed by atoms with Crippen LogP contribution in [-0.4, -0.2) is 18.6 Å². The summed E-state index contributed by atoms with van der Waals surface area (Å²) in [6.07, 6.45) is 5.99. The van der Waals surface area contributed by atoms with Crippen molar-refractivity contribution in [2.75, 3.05) is 18.6 Å². The summed E-state index contributed by atoms with van der Waals surface area (Å²) in [7, 11) is 0. The van der Waals surface area contributed by atoms with Gasteiger partial charge in [-0.25, -0.2) is 0 Å². The number of thioether (sulfide) groups is 1. The lowest BCUT2D eigenvalue weighted by molar-refractivity contribution is 0.619. The Labute approximate surface area is 118 Å². The van der Waals surface area contributed by atoms with E-state index in [0.717, 1.165) is 23.7 Å². The van der Waals surface area contributed by atoms with Gasteiger partial charge in [0.25, 0.3) is 0 Å². The van der Waals surface area contributed by atoms with E-state index in [1.807, 2.05) is 23.9 Å². The van der Waals surface area contributed by atoms with Crippen LogP contribution in [0.2, 0.25) is 10.0 Å². The average Bonchev–Trinajstić information content (AvgIpc) is 2.30. The molecule has 0 atom stereocenters. The van der Waals surface area contributed by atoms with E-state index in [4.69, 9.17) is 23.2 Å². The number of rotatable bonds is 8. The van der Waals surface area contributed by atoms with Crippen LogP contribution in [0.25, 0.3) is 0 Å². The average molecular weight is 292 g/mol. The fourth-order valence-electron chi connectivity index (χ4n) is 1.56. The number of benzene rings is 1. The standard InChI is InChI=1S/C13H19Cl2NS/c1-17-8-4-2-3-7-16-10-11-5-6-12(14)9-13(11)15/h5-6,9,16H,2-4,7-8,10H2,1H3. The molecule has 0 unspecified atom stereocenters. The summed E-state index contributed by atoms with van der Waals surface area (Å²) in [6.45, 7) is 1.87. The van der Waals surface area contributed by atoms with Gasteiger partial charge in [0.15, 0.2) is 0 Å². The molecule has 0 aromatic heterocycles. The minimum Gasteiger partial charge on any atom is -0.313 e. The second-order valence-electron chi connectivity index (χ2n) is 3.97. The molecule has 0 fully saturated rings. The van der Waals surface area contributed by atoms with Gasteiger partial charge in [-0.15, -0.1) is 0 Å². The molecule has 1 nitrogen and oxygen atoms in total. The summed E-state index contributed by atoms with van der Waals surface area (Å²) < 4.78 is 0. The molecule has 0 heterocycles. The molecule has 0 aliphatic rings. The van der Waals surface area contributed by atoms with Gasteiger partial charge in [-0.05, 0) is 49.1 Å². The van der Waals surface area contributed by atoms with Gasteiger partial charge in [0.1, 0.15) is 0 Å². The first-order chi connectivity index (χ1) is 8.24. The van der Waals surface area contributed by atoms with Crippen molar-refractivity contribution in [1.82, 2.24) is 5.32 Å². The second-order valence-corrected chi connectivity index (χ2v) is 5.80. The third-order valence-electron chi connectivity index (χ3n) is 2.53. The zero-order valence-corrected chi connectivity index (χ0v) is 12.5. The van der Waals surface area contributed by atoms with Gasteiger partial charge in [0.05, 0.1) is 0 Å². The lowest BCUT2D eigenvalue weighted by Gasteiger charge is -2.07. The Hall–Kier alpha value is 0.110. The van der Waals surface area contributed by atoms with Crippen LogP contribution in [0.1, 0.15) is 24.8 Å². The molecular weight excluding hydrogens is 273 g/mol. The highest BCUT2D eigenvalue weighted by atomic mass is 35.5. The number of unbranched alkanes of at least 4 members (excludes halogenated alkanes) is 2. The number of hydrogen-bond acceptors (Lipinski definition) is 2. The number of halogens is 2. The maximum absolute atomic E-state index is 6.08. The molecule has 1 rings (SSSR count). The summed E-state index contributed by atoms with van der Waals surface area (Å²) in [5, 5.41) is 4.84. The first-order valence-corrected chi connectivity index (χ1v) is 8.02. The van der Waals surface area contributed by atoms with Gasteiger partial charge < -0.3 is 5.32 Å². The lowest BCUT2D eigenvalue weighted by Crippen LogP contribution is -2.14. The topological polar surface area (TPSA) is 12.0 Å². The van der Waals surface area contributed by atoms with Crippen molar-refractivity contribution in [3.05, 3.63) is 33.8 Å². The van der Waals surface area contributed by atoms with E-state index in [-0.39, 0.29) is 0 Å². The zero-order chi connectivity index (χ0) is 12.5. The minimum absolute atomic E-state index is 0.691. The Balaban J connectivity index is 2.14. The molecule has 1 N–H and O–H groups in total. The third-order valence-corrected chi connectivity index (χ3v) is 3.82. The smallest absolute Gasteiger partial charge is 0.0465 e. The minimum atomic E-state index is 0.691. The summed E-state index contributed by atoms with van der Waals surface area (Å²) >= 11 is 13.8. The van der Waals surface area contributed by atoms with Gasteiger partial charge in [0.2, 0.25) is 0 Å². The largest absolute Gasteiger partial charge is 0.313 e. The van der Waals surface area contributed by atoms with Crippen LogP contribution >= 0.6 is 35.0 Å². The quantitative estimate of drug-likeness (QED) is 0.702. The van der Waals surface area contributed by atoms with E-state index in [1.54, 1.807) is 6.07 Å². The Kier molecular flexibility index (Phi) is 8.12. The molecule has 17 heavy (non-hydrogen) atoms. The fraction of sp³-hybridized carbons (Fsp3) is 0.538. The van der Waals surface area contributed by atoms with Crippen LogP contribution in [0.3, 0.4) is 0 Å². The van der Waals surface area contributed by atoms with E-state index in [2.05, 4.69) is 11.6 Å². The molecule has 0 spiro atoms. The zero-order valence-electron chi connectivity index (χ0n) is 10.1. The summed E-state index contributed by atoms with van der Waals surface area (Å²) in [5.74, 6) is 1.27. The number of nitrogens with one attached hydrogen (secondary N) is 1. The Morgan fingerprint density at radius 3 is 2.71 bits per heavy atom. The molecule has 4 heteroatoms. The Bertz CT molecular complexity index is 331. The summed E-state index contributed by atoms with van der Waals surface area (Å²) in [5.41, 5.74) is 1.11. The Morgan fingerprint density at radius 2 is 2.00 bits per heavy atom. The first-order valence-electron chi connectivity index (χ1n) is 5.87. The van der Waals surface area contributed by atoms with Crippen LogP contribution in [0, 0.1) is 0 Å². The third kappa shape index (κ3) is 6.56. The molecule has 1 aromatic rings. The molecule has 96 valence electrons. The van der Waals surface area contributed by atoms with Gasteiger partial charge >= 0.3 is 0 Å². The summed E-state index contributed by atoms with van der Waals surface area (Å²) in [6, 6.07) is 5.65. The molecular formula is C13H19Cl2NS. The maximum Gasteiger partial charge on any atom is 0.0465 e. The van der Waals surface area contributed by atoms with Crippen molar-refractivity contribution in [3.8, 4) is 0 Å². The highest BCUT2D eigenvalue weighted by molar-refractivity contribution is 7.98. The molecule has 0 bridgehead atoms. The van der Waals surface area contributed by atoms with E-state index in [1.165, 1.54) is 25.0 Å². The van der Waals surface area contributed by atoms with Crippen LogP contribution < -0.4 is 5.32 Å². The monoisotopic (exact) mass is 291 g/mol. The van der Waals surface area contributed by atoms with Crippen molar-refractivity contribution in [2.45, 2.75) is 25.8 Å². The molecule has 0 saturated carbocycles. The Morgan fingerprint density at radius 1 is 1.18 bits per heavy atom. The highest BCUT2D eigenvalue weighted by Gasteiger charge is 2.00. The molecule has 0 aliphatic heterocycles. The molecule has 0 amide bonds. The van der Waals surface area contributed by atoms with Crippen molar-refractivity contribution in [3.63, 3.8) is 0 Å². The van der Waals surface area contributed by atoms with E-state index < -0.39 is 0 Å². The SMILES string of the molecule is CSCCCCCNCc1ccc(Cl)cc1Cl. The highest BCUT2D eigenvalue weighted by Crippen LogP contribution is 2.20. The van der Waals surface area contributed by atoms with Crippen molar-refractivity contribution >= 4 is 35.0 Å². The van der Waals surface area contributed by atoms with Crippen molar-refractivity contribution in [1.29, 1.82) is 0 Å². The maximum atomic E-state index is 6.08. The molecule has 0 radical (unpaired) electrons. The van der Waals surface area contributed by atoms with E-state index in [0.29, 0.717) is 5.02 Å². The second kappa shape index (κ2) is 9.09. The van der Waals surface area contributed by atoms with E-state index in [9.17, 15) is 0 Å². The first kappa shape index (κ1) is 15.2. The van der Waals surface area contributed by atoms with Gasteiger partial charge in [0, 0.05) is 16.6 Å². The molecule has 1 aromatic carbocycles. The van der Waals surface area contributed by atoms with Crippen LogP contribution in [0.5, 0.6) is 0 Å². The molecule has 0 saturated heterocycles. The fourth-order valence-corrected chi connectivity index (χ4v) is 2.53. The van der Waals surface area contributed by atoms with Crippen LogP contribution in [0.4, 0.5) is 0 Å². The van der Waals surface area contributed by atoms with Crippen LogP contribution in [0.15, 0.2) is 18.2 Å². The summed E-state index contributed by atoms with van der Waals surface area (Å²) in [4.78, 5) is 0. The van der Waals surface area contributed by atoms with Crippen LogP contribution in [-0.2, 0) is 6.54 Å². The van der Waals surface area contributed by atoms with E-state index >= 15 is 0 Å². The molecule has 0 aliphatic carbocycles. The van der Waals surface area contributed by atoms with Gasteiger partial charge in [-0.2, -0.15) is 11.8 Å². The van der Waals surface area contributed by atoms with Crippen molar-refractivity contribution < 1.29 is 0 Å². The van der Waals surface area contributed by atoms with Crippen molar-refractivity contribution in [2.24, 2.45) is 0 Å². The van der Waals surface area contributed by atoms with Gasteiger partial charge in [-0.1, -0.05) is 35.7 Å². The lowest BCUT2D eigenvalue weighted by atomic mass is 10.2. The normalized spacial score (nSPS) is 10.8.